The summed E-state index contributed by atoms with van der Waals surface area (Å²) in [5.41, 5.74) is -0.585. The third-order valence-corrected chi connectivity index (χ3v) is 3.89. The molecule has 0 amide bonds. The maximum absolute atomic E-state index is 10.2. The van der Waals surface area contributed by atoms with E-state index in [1.54, 1.807) is 11.8 Å². The first kappa shape index (κ1) is 10.8. The first-order valence-corrected chi connectivity index (χ1v) is 6.35. The van der Waals surface area contributed by atoms with Crippen molar-refractivity contribution in [1.82, 2.24) is 0 Å². The highest BCUT2D eigenvalue weighted by molar-refractivity contribution is 7.99. The van der Waals surface area contributed by atoms with Gasteiger partial charge in [0.25, 0.3) is 0 Å². The molecule has 0 spiro atoms. The molecule has 15 heavy (non-hydrogen) atoms. The van der Waals surface area contributed by atoms with Gasteiger partial charge in [0.15, 0.2) is 0 Å². The van der Waals surface area contributed by atoms with Crippen LogP contribution in [0.25, 0.3) is 0 Å². The first-order chi connectivity index (χ1) is 7.29. The molecule has 80 valence electrons. The van der Waals surface area contributed by atoms with Crippen LogP contribution in [0.15, 0.2) is 47.4 Å². The topological polar surface area (TPSA) is 20.2 Å². The largest absolute Gasteiger partial charge is 0.385 e. The SMILES string of the molecule is OC1(CSc2ccccc2)C=CCCC1. The van der Waals surface area contributed by atoms with E-state index in [0.29, 0.717) is 0 Å². The Morgan fingerprint density at radius 1 is 1.27 bits per heavy atom. The molecule has 0 aliphatic heterocycles. The van der Waals surface area contributed by atoms with Gasteiger partial charge in [-0.15, -0.1) is 11.8 Å². The Bertz CT molecular complexity index is 334. The summed E-state index contributed by atoms with van der Waals surface area (Å²) in [5.74, 6) is 0.757. The van der Waals surface area contributed by atoms with Gasteiger partial charge in [0, 0.05) is 10.6 Å². The number of hydrogen-bond donors (Lipinski definition) is 1. The van der Waals surface area contributed by atoms with Crippen LogP contribution in [0, 0.1) is 0 Å². The molecule has 0 heterocycles. The van der Waals surface area contributed by atoms with Crippen LogP contribution in [0.4, 0.5) is 0 Å². The number of allylic oxidation sites excluding steroid dienone is 1. The van der Waals surface area contributed by atoms with E-state index in [0.717, 1.165) is 25.0 Å². The minimum absolute atomic E-state index is 0.585. The highest BCUT2D eigenvalue weighted by Gasteiger charge is 2.24. The zero-order valence-electron chi connectivity index (χ0n) is 8.73. The van der Waals surface area contributed by atoms with Gasteiger partial charge < -0.3 is 5.11 Å². The van der Waals surface area contributed by atoms with Crippen LogP contribution < -0.4 is 0 Å². The Morgan fingerprint density at radius 3 is 2.73 bits per heavy atom. The quantitative estimate of drug-likeness (QED) is 0.623. The second kappa shape index (κ2) is 4.86. The molecule has 1 aliphatic carbocycles. The third kappa shape index (κ3) is 3.11. The van der Waals surface area contributed by atoms with Crippen molar-refractivity contribution in [2.75, 3.05) is 5.75 Å². The number of thioether (sulfide) groups is 1. The van der Waals surface area contributed by atoms with Crippen molar-refractivity contribution < 1.29 is 5.11 Å². The molecule has 0 fully saturated rings. The fraction of sp³-hybridized carbons (Fsp3) is 0.385. The van der Waals surface area contributed by atoms with Crippen LogP contribution >= 0.6 is 11.8 Å². The molecule has 0 bridgehead atoms. The predicted octanol–water partition coefficient (Wildman–Crippen LogP) is 3.25. The van der Waals surface area contributed by atoms with Crippen LogP contribution in [-0.2, 0) is 0 Å². The fourth-order valence-electron chi connectivity index (χ4n) is 1.76. The highest BCUT2D eigenvalue weighted by atomic mass is 32.2. The molecule has 2 rings (SSSR count). The summed E-state index contributed by atoms with van der Waals surface area (Å²) in [6.45, 7) is 0. The van der Waals surface area contributed by atoms with Gasteiger partial charge in [0.05, 0.1) is 5.60 Å². The van der Waals surface area contributed by atoms with E-state index in [2.05, 4.69) is 18.2 Å². The summed E-state index contributed by atoms with van der Waals surface area (Å²) in [6, 6.07) is 10.2. The van der Waals surface area contributed by atoms with E-state index >= 15 is 0 Å². The van der Waals surface area contributed by atoms with Gasteiger partial charge >= 0.3 is 0 Å². The lowest BCUT2D eigenvalue weighted by atomic mass is 9.93. The summed E-state index contributed by atoms with van der Waals surface area (Å²) >= 11 is 1.72. The Morgan fingerprint density at radius 2 is 2.07 bits per heavy atom. The second-order valence-electron chi connectivity index (χ2n) is 4.00. The van der Waals surface area contributed by atoms with Crippen LogP contribution in [0.5, 0.6) is 0 Å². The first-order valence-electron chi connectivity index (χ1n) is 5.36. The lowest BCUT2D eigenvalue weighted by Gasteiger charge is -2.26. The fourth-order valence-corrected chi connectivity index (χ4v) is 2.76. The Kier molecular flexibility index (Phi) is 3.49. The van der Waals surface area contributed by atoms with Crippen molar-refractivity contribution in [3.63, 3.8) is 0 Å². The molecular formula is C13H16OS. The second-order valence-corrected chi connectivity index (χ2v) is 5.05. The minimum Gasteiger partial charge on any atom is -0.385 e. The number of aliphatic hydroxyl groups is 1. The molecule has 0 saturated carbocycles. The Hall–Kier alpha value is -0.730. The van der Waals surface area contributed by atoms with E-state index in [-0.39, 0.29) is 0 Å². The average Bonchev–Trinajstić information content (AvgIpc) is 2.29. The molecule has 1 atom stereocenters. The van der Waals surface area contributed by atoms with Crippen LogP contribution in [0.3, 0.4) is 0 Å². The van der Waals surface area contributed by atoms with Crippen molar-refractivity contribution in [2.24, 2.45) is 0 Å². The van der Waals surface area contributed by atoms with Crippen molar-refractivity contribution in [1.29, 1.82) is 0 Å². The van der Waals surface area contributed by atoms with Crippen molar-refractivity contribution in [2.45, 2.75) is 29.8 Å². The van der Waals surface area contributed by atoms with Gasteiger partial charge in [0.1, 0.15) is 0 Å². The van der Waals surface area contributed by atoms with Crippen molar-refractivity contribution >= 4 is 11.8 Å². The minimum atomic E-state index is -0.585. The van der Waals surface area contributed by atoms with Gasteiger partial charge in [-0.1, -0.05) is 30.4 Å². The summed E-state index contributed by atoms with van der Waals surface area (Å²) in [7, 11) is 0. The molecule has 2 heteroatoms. The van der Waals surface area contributed by atoms with E-state index in [9.17, 15) is 5.11 Å². The van der Waals surface area contributed by atoms with Crippen LogP contribution in [0.1, 0.15) is 19.3 Å². The molecule has 1 aromatic carbocycles. The summed E-state index contributed by atoms with van der Waals surface area (Å²) < 4.78 is 0. The summed E-state index contributed by atoms with van der Waals surface area (Å²) in [6.07, 6.45) is 7.16. The lowest BCUT2D eigenvalue weighted by molar-refractivity contribution is 0.0997. The molecule has 1 unspecified atom stereocenters. The molecule has 1 nitrogen and oxygen atoms in total. The van der Waals surface area contributed by atoms with Crippen molar-refractivity contribution in [3.05, 3.63) is 42.5 Å². The van der Waals surface area contributed by atoms with Gasteiger partial charge in [-0.2, -0.15) is 0 Å². The van der Waals surface area contributed by atoms with E-state index in [1.807, 2.05) is 24.3 Å². The van der Waals surface area contributed by atoms with E-state index in [1.165, 1.54) is 4.90 Å². The molecular weight excluding hydrogens is 204 g/mol. The smallest absolute Gasteiger partial charge is 0.0921 e. The third-order valence-electron chi connectivity index (χ3n) is 2.64. The number of hydrogen-bond acceptors (Lipinski definition) is 2. The number of benzene rings is 1. The number of rotatable bonds is 3. The maximum Gasteiger partial charge on any atom is 0.0921 e. The highest BCUT2D eigenvalue weighted by Crippen LogP contribution is 2.29. The van der Waals surface area contributed by atoms with E-state index < -0.39 is 5.60 Å². The zero-order valence-corrected chi connectivity index (χ0v) is 9.54. The van der Waals surface area contributed by atoms with Gasteiger partial charge in [-0.05, 0) is 31.4 Å². The van der Waals surface area contributed by atoms with Gasteiger partial charge in [-0.25, -0.2) is 0 Å². The average molecular weight is 220 g/mol. The monoisotopic (exact) mass is 220 g/mol. The normalized spacial score (nSPS) is 25.4. The maximum atomic E-state index is 10.2. The van der Waals surface area contributed by atoms with Crippen molar-refractivity contribution in [3.8, 4) is 0 Å². The summed E-state index contributed by atoms with van der Waals surface area (Å²) in [4.78, 5) is 1.23. The molecule has 0 radical (unpaired) electrons. The Balaban J connectivity index is 1.93. The van der Waals surface area contributed by atoms with Crippen LogP contribution in [0.2, 0.25) is 0 Å². The van der Waals surface area contributed by atoms with Crippen LogP contribution in [-0.4, -0.2) is 16.5 Å². The van der Waals surface area contributed by atoms with Gasteiger partial charge in [0.2, 0.25) is 0 Å². The Labute approximate surface area is 95.2 Å². The zero-order chi connectivity index (χ0) is 10.6. The molecule has 0 saturated heterocycles. The molecule has 1 aliphatic rings. The lowest BCUT2D eigenvalue weighted by Crippen LogP contribution is -2.30. The standard InChI is InChI=1S/C13H16OS/c14-13(9-5-2-6-10-13)11-15-12-7-3-1-4-8-12/h1,3-5,7-9,14H,2,6,10-11H2. The summed E-state index contributed by atoms with van der Waals surface area (Å²) in [5, 5.41) is 10.2. The molecule has 0 aromatic heterocycles. The van der Waals surface area contributed by atoms with E-state index in [4.69, 9.17) is 0 Å². The predicted molar refractivity (Wildman–Crippen MR) is 65.1 cm³/mol. The molecule has 1 N–H and O–H groups in total. The molecule has 1 aromatic rings. The van der Waals surface area contributed by atoms with Gasteiger partial charge in [-0.3, -0.25) is 0 Å².